The van der Waals surface area contributed by atoms with Crippen LogP contribution in [0, 0.1) is 15.9 Å². The molecule has 0 spiro atoms. The van der Waals surface area contributed by atoms with Gasteiger partial charge in [-0.15, -0.1) is 0 Å². The summed E-state index contributed by atoms with van der Waals surface area (Å²) in [5, 5.41) is 13.5. The number of non-ortho nitro benzene ring substituents is 1. The topological polar surface area (TPSA) is 84.7 Å². The lowest BCUT2D eigenvalue weighted by atomic mass is 10.1. The number of nitro benzene ring substituents is 1. The van der Waals surface area contributed by atoms with Gasteiger partial charge in [0.25, 0.3) is 5.69 Å². The number of hydrogen-bond acceptors (Lipinski definition) is 5. The first-order chi connectivity index (χ1) is 12.3. The van der Waals surface area contributed by atoms with E-state index in [0.29, 0.717) is 11.3 Å². The molecule has 0 heterocycles. The van der Waals surface area contributed by atoms with Crippen LogP contribution in [0.1, 0.15) is 18.5 Å². The van der Waals surface area contributed by atoms with E-state index in [1.165, 1.54) is 31.4 Å². The fourth-order valence-electron chi connectivity index (χ4n) is 2.50. The van der Waals surface area contributed by atoms with Gasteiger partial charge in [-0.05, 0) is 26.1 Å². The van der Waals surface area contributed by atoms with Crippen LogP contribution in [-0.2, 0) is 4.79 Å². The van der Waals surface area contributed by atoms with Gasteiger partial charge in [-0.3, -0.25) is 19.8 Å². The highest BCUT2D eigenvalue weighted by Gasteiger charge is 2.19. The number of methoxy groups -OCH3 is 1. The minimum atomic E-state index is -0.544. The second kappa shape index (κ2) is 8.39. The number of carbonyl (C=O) groups excluding carboxylic acids is 1. The molecule has 0 aliphatic carbocycles. The van der Waals surface area contributed by atoms with Gasteiger partial charge in [0.1, 0.15) is 11.6 Å². The molecule has 8 heteroatoms. The molecule has 0 aliphatic rings. The van der Waals surface area contributed by atoms with Crippen molar-refractivity contribution in [2.45, 2.75) is 13.0 Å². The Labute approximate surface area is 150 Å². The molecule has 0 radical (unpaired) electrons. The number of anilines is 1. The quantitative estimate of drug-likeness (QED) is 0.604. The Kier molecular flexibility index (Phi) is 6.24. The third kappa shape index (κ3) is 4.54. The first-order valence-electron chi connectivity index (χ1n) is 7.90. The first-order valence-corrected chi connectivity index (χ1v) is 7.90. The largest absolute Gasteiger partial charge is 0.494 e. The fraction of sp³-hybridized carbons (Fsp3) is 0.278. The number of nitro groups is 1. The molecule has 2 aromatic rings. The molecule has 1 N–H and O–H groups in total. The Morgan fingerprint density at radius 1 is 1.35 bits per heavy atom. The maximum absolute atomic E-state index is 13.9. The van der Waals surface area contributed by atoms with Crippen molar-refractivity contribution >= 4 is 17.3 Å². The monoisotopic (exact) mass is 361 g/mol. The van der Waals surface area contributed by atoms with Crippen molar-refractivity contribution in [3.8, 4) is 5.75 Å². The molecular formula is C18H20FN3O4. The summed E-state index contributed by atoms with van der Waals surface area (Å²) in [6.45, 7) is 1.81. The van der Waals surface area contributed by atoms with E-state index >= 15 is 0 Å². The maximum atomic E-state index is 13.9. The maximum Gasteiger partial charge on any atom is 0.273 e. The molecule has 26 heavy (non-hydrogen) atoms. The van der Waals surface area contributed by atoms with E-state index in [9.17, 15) is 19.3 Å². The van der Waals surface area contributed by atoms with Gasteiger partial charge in [0, 0.05) is 17.7 Å². The summed E-state index contributed by atoms with van der Waals surface area (Å²) < 4.78 is 19.0. The summed E-state index contributed by atoms with van der Waals surface area (Å²) >= 11 is 0. The van der Waals surface area contributed by atoms with Crippen LogP contribution < -0.4 is 10.1 Å². The molecular weight excluding hydrogens is 341 g/mol. The molecule has 0 saturated heterocycles. The predicted octanol–water partition coefficient (Wildman–Crippen LogP) is 3.37. The van der Waals surface area contributed by atoms with Crippen molar-refractivity contribution in [1.82, 2.24) is 4.90 Å². The van der Waals surface area contributed by atoms with E-state index < -0.39 is 4.92 Å². The van der Waals surface area contributed by atoms with Crippen LogP contribution in [0.4, 0.5) is 15.8 Å². The Balaban J connectivity index is 2.06. The number of ether oxygens (including phenoxy) is 1. The van der Waals surface area contributed by atoms with Gasteiger partial charge in [0.15, 0.2) is 0 Å². The van der Waals surface area contributed by atoms with E-state index in [1.807, 2.05) is 0 Å². The molecule has 1 atom stereocenters. The lowest BCUT2D eigenvalue weighted by Gasteiger charge is -2.25. The van der Waals surface area contributed by atoms with Gasteiger partial charge in [0.05, 0.1) is 30.3 Å². The number of carbonyl (C=O) groups is 1. The lowest BCUT2D eigenvalue weighted by Crippen LogP contribution is -2.32. The van der Waals surface area contributed by atoms with Crippen molar-refractivity contribution < 1.29 is 18.8 Å². The summed E-state index contributed by atoms with van der Waals surface area (Å²) in [4.78, 5) is 24.3. The van der Waals surface area contributed by atoms with Crippen LogP contribution in [0.15, 0.2) is 42.5 Å². The number of rotatable bonds is 7. The molecule has 2 aromatic carbocycles. The van der Waals surface area contributed by atoms with Crippen molar-refractivity contribution in [1.29, 1.82) is 0 Å². The molecule has 1 amide bonds. The molecule has 1 unspecified atom stereocenters. The second-order valence-electron chi connectivity index (χ2n) is 5.80. The zero-order valence-corrected chi connectivity index (χ0v) is 14.7. The van der Waals surface area contributed by atoms with Gasteiger partial charge in [-0.2, -0.15) is 0 Å². The summed E-state index contributed by atoms with van der Waals surface area (Å²) in [6.07, 6.45) is 0. The van der Waals surface area contributed by atoms with Crippen LogP contribution in [0.25, 0.3) is 0 Å². The van der Waals surface area contributed by atoms with Gasteiger partial charge in [-0.25, -0.2) is 4.39 Å². The zero-order chi connectivity index (χ0) is 19.3. The standard InChI is InChI=1S/C18H20FN3O4/c1-12(14-6-4-5-7-15(14)19)21(2)11-18(23)20-16-9-8-13(22(24)25)10-17(16)26-3/h4-10,12H,11H2,1-3H3,(H,20,23). The predicted molar refractivity (Wildman–Crippen MR) is 95.7 cm³/mol. The van der Waals surface area contributed by atoms with E-state index in [0.717, 1.165) is 0 Å². The third-order valence-electron chi connectivity index (χ3n) is 4.08. The van der Waals surface area contributed by atoms with Gasteiger partial charge in [-0.1, -0.05) is 18.2 Å². The number of amides is 1. The number of halogens is 1. The SMILES string of the molecule is COc1cc([N+](=O)[O-])ccc1NC(=O)CN(C)C(C)c1ccccc1F. The summed E-state index contributed by atoms with van der Waals surface area (Å²) in [5.74, 6) is -0.482. The van der Waals surface area contributed by atoms with Crippen LogP contribution in [0.3, 0.4) is 0 Å². The molecule has 0 aromatic heterocycles. The Morgan fingerprint density at radius 2 is 2.04 bits per heavy atom. The molecule has 0 aliphatic heterocycles. The molecule has 0 fully saturated rings. The van der Waals surface area contributed by atoms with Crippen LogP contribution in [-0.4, -0.2) is 36.4 Å². The van der Waals surface area contributed by atoms with Crippen molar-refractivity contribution in [2.75, 3.05) is 26.0 Å². The summed E-state index contributed by atoms with van der Waals surface area (Å²) in [7, 11) is 3.07. The Bertz CT molecular complexity index is 813. The van der Waals surface area contributed by atoms with Crippen molar-refractivity contribution in [3.05, 3.63) is 64.0 Å². The van der Waals surface area contributed by atoms with Gasteiger partial charge >= 0.3 is 0 Å². The number of likely N-dealkylation sites (N-methyl/N-ethyl adjacent to an activating group) is 1. The lowest BCUT2D eigenvalue weighted by molar-refractivity contribution is -0.384. The number of benzene rings is 2. The van der Waals surface area contributed by atoms with E-state index in [-0.39, 0.29) is 35.7 Å². The fourth-order valence-corrected chi connectivity index (χ4v) is 2.50. The Hall–Kier alpha value is -3.00. The highest BCUT2D eigenvalue weighted by atomic mass is 19.1. The van der Waals surface area contributed by atoms with Crippen LogP contribution in [0.2, 0.25) is 0 Å². The number of nitrogens with one attached hydrogen (secondary N) is 1. The molecule has 2 rings (SSSR count). The van der Waals surface area contributed by atoms with E-state index in [1.54, 1.807) is 37.1 Å². The first kappa shape index (κ1) is 19.3. The molecule has 0 saturated carbocycles. The van der Waals surface area contributed by atoms with Crippen LogP contribution in [0.5, 0.6) is 5.75 Å². The highest BCUT2D eigenvalue weighted by molar-refractivity contribution is 5.93. The molecule has 138 valence electrons. The highest BCUT2D eigenvalue weighted by Crippen LogP contribution is 2.29. The van der Waals surface area contributed by atoms with Gasteiger partial charge in [0.2, 0.25) is 5.91 Å². The number of nitrogens with zero attached hydrogens (tertiary/aromatic N) is 2. The average Bonchev–Trinajstić information content (AvgIpc) is 2.61. The van der Waals surface area contributed by atoms with Crippen LogP contribution >= 0.6 is 0 Å². The second-order valence-corrected chi connectivity index (χ2v) is 5.80. The third-order valence-corrected chi connectivity index (χ3v) is 4.08. The minimum absolute atomic E-state index is 0.00957. The summed E-state index contributed by atoms with van der Waals surface area (Å²) in [6, 6.07) is 10.0. The molecule has 0 bridgehead atoms. The van der Waals surface area contributed by atoms with Crippen molar-refractivity contribution in [2.24, 2.45) is 0 Å². The van der Waals surface area contributed by atoms with E-state index in [4.69, 9.17) is 4.74 Å². The van der Waals surface area contributed by atoms with Gasteiger partial charge < -0.3 is 10.1 Å². The van der Waals surface area contributed by atoms with Crippen molar-refractivity contribution in [3.63, 3.8) is 0 Å². The Morgan fingerprint density at radius 3 is 2.65 bits per heavy atom. The zero-order valence-electron chi connectivity index (χ0n) is 14.7. The normalized spacial score (nSPS) is 11.9. The smallest absolute Gasteiger partial charge is 0.273 e. The summed E-state index contributed by atoms with van der Waals surface area (Å²) in [5.41, 5.74) is 0.691. The minimum Gasteiger partial charge on any atom is -0.494 e. The molecule has 7 nitrogen and oxygen atoms in total. The van der Waals surface area contributed by atoms with E-state index in [2.05, 4.69) is 5.32 Å². The average molecular weight is 361 g/mol. The number of hydrogen-bond donors (Lipinski definition) is 1.